The molecule has 1 aromatic carbocycles. The van der Waals surface area contributed by atoms with Crippen molar-refractivity contribution >= 4 is 21.6 Å². The number of hydrogen-bond acceptors (Lipinski definition) is 6. The molecule has 0 bridgehead atoms. The minimum absolute atomic E-state index is 0.205. The van der Waals surface area contributed by atoms with E-state index in [2.05, 4.69) is 25.9 Å². The maximum absolute atomic E-state index is 13.6. The van der Waals surface area contributed by atoms with E-state index in [1.54, 1.807) is 0 Å². The third kappa shape index (κ3) is 2.82. The second kappa shape index (κ2) is 5.78. The van der Waals surface area contributed by atoms with E-state index in [4.69, 9.17) is 9.47 Å². The maximum atomic E-state index is 13.6. The summed E-state index contributed by atoms with van der Waals surface area (Å²) in [6.45, 7) is 0. The van der Waals surface area contributed by atoms with E-state index < -0.39 is 22.3 Å². The average molecular weight is 344 g/mol. The van der Waals surface area contributed by atoms with Gasteiger partial charge in [-0.15, -0.1) is 0 Å². The van der Waals surface area contributed by atoms with Gasteiger partial charge in [-0.1, -0.05) is 15.9 Å². The van der Waals surface area contributed by atoms with Gasteiger partial charge in [0.05, 0.1) is 12.0 Å². The van der Waals surface area contributed by atoms with Crippen LogP contribution in [-0.2, 0) is 0 Å². The van der Waals surface area contributed by atoms with Crippen LogP contribution >= 0.6 is 15.9 Å². The Morgan fingerprint density at radius 2 is 2.05 bits per heavy atom. The molecule has 0 aliphatic rings. The van der Waals surface area contributed by atoms with Gasteiger partial charge in [-0.2, -0.15) is 9.97 Å². The molecule has 1 aromatic heterocycles. The lowest BCUT2D eigenvalue weighted by Crippen LogP contribution is -2.01. The summed E-state index contributed by atoms with van der Waals surface area (Å²) in [5.41, 5.74) is -0.575. The molecule has 0 saturated carbocycles. The standard InChI is InChI=1S/C11H7BrFN3O4/c1-19-10-9(16(17)18)11(15-5-14-10)20-8-4-6(12)2-3-7(8)13/h2-5H,1H3. The first kappa shape index (κ1) is 14.1. The van der Waals surface area contributed by atoms with Gasteiger partial charge in [0.2, 0.25) is 0 Å². The molecule has 0 fully saturated rings. The molecule has 104 valence electrons. The largest absolute Gasteiger partial charge is 0.476 e. The monoisotopic (exact) mass is 343 g/mol. The first-order valence-corrected chi connectivity index (χ1v) is 5.98. The van der Waals surface area contributed by atoms with E-state index in [1.165, 1.54) is 19.2 Å². The van der Waals surface area contributed by atoms with Gasteiger partial charge in [0, 0.05) is 4.47 Å². The van der Waals surface area contributed by atoms with Gasteiger partial charge in [0.1, 0.15) is 6.33 Å². The molecule has 1 heterocycles. The highest BCUT2D eigenvalue weighted by Crippen LogP contribution is 2.36. The molecule has 20 heavy (non-hydrogen) atoms. The van der Waals surface area contributed by atoms with Crippen molar-refractivity contribution in [1.82, 2.24) is 9.97 Å². The summed E-state index contributed by atoms with van der Waals surface area (Å²) in [5, 5.41) is 11.0. The number of rotatable bonds is 4. The normalized spacial score (nSPS) is 10.2. The zero-order chi connectivity index (χ0) is 14.7. The SMILES string of the molecule is COc1ncnc(Oc2cc(Br)ccc2F)c1[N+](=O)[O-]. The summed E-state index contributed by atoms with van der Waals surface area (Å²) < 4.78 is 24.0. The van der Waals surface area contributed by atoms with Gasteiger partial charge in [-0.25, -0.2) is 4.39 Å². The van der Waals surface area contributed by atoms with Gasteiger partial charge in [-0.05, 0) is 18.2 Å². The molecule has 2 rings (SSSR count). The van der Waals surface area contributed by atoms with Crippen LogP contribution in [-0.4, -0.2) is 22.0 Å². The number of benzene rings is 1. The Morgan fingerprint density at radius 3 is 2.70 bits per heavy atom. The third-order valence-electron chi connectivity index (χ3n) is 2.23. The van der Waals surface area contributed by atoms with Gasteiger partial charge in [0.15, 0.2) is 11.6 Å². The van der Waals surface area contributed by atoms with E-state index in [9.17, 15) is 14.5 Å². The van der Waals surface area contributed by atoms with E-state index in [1.807, 2.05) is 0 Å². The summed E-state index contributed by atoms with van der Waals surface area (Å²) in [6.07, 6.45) is 1.02. The van der Waals surface area contributed by atoms with Crippen LogP contribution in [0.15, 0.2) is 29.0 Å². The number of nitro groups is 1. The highest BCUT2D eigenvalue weighted by atomic mass is 79.9. The van der Waals surface area contributed by atoms with E-state index in [-0.39, 0.29) is 11.6 Å². The number of methoxy groups -OCH3 is 1. The maximum Gasteiger partial charge on any atom is 0.392 e. The van der Waals surface area contributed by atoms with Crippen molar-refractivity contribution in [1.29, 1.82) is 0 Å². The summed E-state index contributed by atoms with van der Waals surface area (Å²) in [6, 6.07) is 3.95. The van der Waals surface area contributed by atoms with E-state index in [0.717, 1.165) is 12.4 Å². The van der Waals surface area contributed by atoms with Crippen molar-refractivity contribution in [3.63, 3.8) is 0 Å². The fraction of sp³-hybridized carbons (Fsp3) is 0.0909. The Morgan fingerprint density at radius 1 is 1.35 bits per heavy atom. The lowest BCUT2D eigenvalue weighted by atomic mass is 10.3. The number of halogens is 2. The minimum Gasteiger partial charge on any atom is -0.476 e. The Hall–Kier alpha value is -2.29. The summed E-state index contributed by atoms with van der Waals surface area (Å²) in [5.74, 6) is -1.56. The second-order valence-electron chi connectivity index (χ2n) is 3.47. The van der Waals surface area contributed by atoms with Gasteiger partial charge in [-0.3, -0.25) is 10.1 Å². The smallest absolute Gasteiger partial charge is 0.392 e. The fourth-order valence-electron chi connectivity index (χ4n) is 1.39. The molecule has 7 nitrogen and oxygen atoms in total. The lowest BCUT2D eigenvalue weighted by molar-refractivity contribution is -0.387. The third-order valence-corrected chi connectivity index (χ3v) is 2.72. The van der Waals surface area contributed by atoms with Gasteiger partial charge in [0.25, 0.3) is 0 Å². The Kier molecular flexibility index (Phi) is 4.08. The molecule has 0 N–H and O–H groups in total. The molecule has 0 saturated heterocycles. The van der Waals surface area contributed by atoms with Crippen LogP contribution in [0, 0.1) is 15.9 Å². The molecular weight excluding hydrogens is 337 g/mol. The summed E-state index contributed by atoms with van der Waals surface area (Å²) >= 11 is 3.15. The second-order valence-corrected chi connectivity index (χ2v) is 4.39. The summed E-state index contributed by atoms with van der Waals surface area (Å²) in [7, 11) is 1.22. The summed E-state index contributed by atoms with van der Waals surface area (Å²) in [4.78, 5) is 17.5. The predicted molar refractivity (Wildman–Crippen MR) is 69.4 cm³/mol. The average Bonchev–Trinajstić information content (AvgIpc) is 2.42. The van der Waals surface area contributed by atoms with Crippen LogP contribution in [0.1, 0.15) is 0 Å². The van der Waals surface area contributed by atoms with Crippen LogP contribution in [0.25, 0.3) is 0 Å². The molecule has 0 radical (unpaired) electrons. The number of nitrogens with zero attached hydrogens (tertiary/aromatic N) is 3. The molecule has 0 unspecified atom stereocenters. The Balaban J connectivity index is 2.48. The van der Waals surface area contributed by atoms with Crippen LogP contribution < -0.4 is 9.47 Å². The van der Waals surface area contributed by atoms with Crippen molar-refractivity contribution in [2.75, 3.05) is 7.11 Å². The van der Waals surface area contributed by atoms with E-state index in [0.29, 0.717) is 4.47 Å². The molecule has 2 aromatic rings. The quantitative estimate of drug-likeness (QED) is 0.626. The number of ether oxygens (including phenoxy) is 2. The topological polar surface area (TPSA) is 87.4 Å². The highest BCUT2D eigenvalue weighted by molar-refractivity contribution is 9.10. The molecule has 0 atom stereocenters. The van der Waals surface area contributed by atoms with Gasteiger partial charge < -0.3 is 9.47 Å². The lowest BCUT2D eigenvalue weighted by Gasteiger charge is -2.07. The first-order chi connectivity index (χ1) is 9.52. The minimum atomic E-state index is -0.760. The first-order valence-electron chi connectivity index (χ1n) is 5.19. The number of hydrogen-bond donors (Lipinski definition) is 0. The van der Waals surface area contributed by atoms with Crippen LogP contribution in [0.2, 0.25) is 0 Å². The highest BCUT2D eigenvalue weighted by Gasteiger charge is 2.26. The van der Waals surface area contributed by atoms with Crippen molar-refractivity contribution in [3.05, 3.63) is 44.9 Å². The van der Waals surface area contributed by atoms with Crippen molar-refractivity contribution in [2.24, 2.45) is 0 Å². The molecule has 0 aliphatic heterocycles. The zero-order valence-corrected chi connectivity index (χ0v) is 11.6. The van der Waals surface area contributed by atoms with Crippen molar-refractivity contribution in [3.8, 4) is 17.5 Å². The number of aromatic nitrogens is 2. The molecule has 0 spiro atoms. The van der Waals surface area contributed by atoms with Crippen LogP contribution in [0.5, 0.6) is 17.5 Å². The Bertz CT molecular complexity index is 668. The molecule has 0 aliphatic carbocycles. The Labute approximate surface area is 120 Å². The van der Waals surface area contributed by atoms with E-state index >= 15 is 0 Å². The molecule has 0 amide bonds. The predicted octanol–water partition coefficient (Wildman–Crippen LogP) is 3.09. The fourth-order valence-corrected chi connectivity index (χ4v) is 1.73. The van der Waals surface area contributed by atoms with Crippen LogP contribution in [0.4, 0.5) is 10.1 Å². The molecule has 9 heteroatoms. The molecular formula is C11H7BrFN3O4. The zero-order valence-electron chi connectivity index (χ0n) is 10.0. The van der Waals surface area contributed by atoms with Crippen LogP contribution in [0.3, 0.4) is 0 Å². The van der Waals surface area contributed by atoms with Crippen molar-refractivity contribution < 1.29 is 18.8 Å². The van der Waals surface area contributed by atoms with Crippen molar-refractivity contribution in [2.45, 2.75) is 0 Å². The van der Waals surface area contributed by atoms with Gasteiger partial charge >= 0.3 is 17.4 Å².